The van der Waals surface area contributed by atoms with Crippen LogP contribution in [-0.2, 0) is 23.3 Å². The summed E-state index contributed by atoms with van der Waals surface area (Å²) in [6.45, 7) is 2.00. The van der Waals surface area contributed by atoms with E-state index < -0.39 is 36.0 Å². The van der Waals surface area contributed by atoms with Crippen LogP contribution in [0, 0.1) is 5.82 Å². The van der Waals surface area contributed by atoms with Gasteiger partial charge in [-0.3, -0.25) is 4.79 Å². The number of aromatic nitrogens is 1. The number of benzene rings is 2. The molecule has 1 atom stereocenters. The van der Waals surface area contributed by atoms with Gasteiger partial charge in [0, 0.05) is 29.8 Å². The molecule has 0 fully saturated rings. The molecule has 1 unspecified atom stereocenters. The molecule has 3 rings (SSSR count). The zero-order valence-electron chi connectivity index (χ0n) is 19.4. The van der Waals surface area contributed by atoms with Gasteiger partial charge in [0.25, 0.3) is 0 Å². The van der Waals surface area contributed by atoms with Crippen molar-refractivity contribution in [3.8, 4) is 5.75 Å². The Hall–Kier alpha value is -2.91. The molecular formula is C25H27F4NO4. The minimum absolute atomic E-state index is 0.0971. The second-order valence-electron chi connectivity index (χ2n) is 9.00. The molecule has 0 radical (unpaired) electrons. The van der Waals surface area contributed by atoms with Gasteiger partial charge < -0.3 is 19.1 Å². The van der Waals surface area contributed by atoms with Crippen molar-refractivity contribution >= 4 is 10.9 Å². The number of hydrogen-bond acceptors (Lipinski definition) is 4. The van der Waals surface area contributed by atoms with Crippen LogP contribution in [0.25, 0.3) is 10.9 Å². The van der Waals surface area contributed by atoms with E-state index in [-0.39, 0.29) is 39.8 Å². The lowest BCUT2D eigenvalue weighted by Gasteiger charge is -2.39. The first-order valence-electron chi connectivity index (χ1n) is 10.6. The molecule has 0 bridgehead atoms. The van der Waals surface area contributed by atoms with Crippen molar-refractivity contribution in [2.45, 2.75) is 50.6 Å². The van der Waals surface area contributed by atoms with E-state index in [1.165, 1.54) is 57.0 Å². The summed E-state index contributed by atoms with van der Waals surface area (Å²) in [6, 6.07) is 9.85. The van der Waals surface area contributed by atoms with Crippen LogP contribution in [0.4, 0.5) is 17.6 Å². The average molecular weight is 481 g/mol. The molecule has 0 spiro atoms. The zero-order chi connectivity index (χ0) is 25.3. The second kappa shape index (κ2) is 9.38. The van der Waals surface area contributed by atoms with Crippen LogP contribution in [0.2, 0.25) is 0 Å². The topological polar surface area (TPSA) is 60.7 Å². The Morgan fingerprint density at radius 3 is 2.35 bits per heavy atom. The fraction of sp³-hybridized carbons (Fsp3) is 0.400. The normalized spacial score (nSPS) is 14.3. The molecule has 184 valence electrons. The van der Waals surface area contributed by atoms with E-state index in [9.17, 15) is 27.5 Å². The van der Waals surface area contributed by atoms with Gasteiger partial charge in [-0.1, -0.05) is 26.0 Å². The Kier molecular flexibility index (Phi) is 7.10. The van der Waals surface area contributed by atoms with Crippen LogP contribution in [0.1, 0.15) is 31.4 Å². The molecule has 1 aromatic heterocycles. The van der Waals surface area contributed by atoms with E-state index in [2.05, 4.69) is 0 Å². The molecule has 1 heterocycles. The number of ether oxygens (including phenoxy) is 2. The number of pyridine rings is 1. The fourth-order valence-electron chi connectivity index (χ4n) is 4.36. The number of aliphatic hydroxyl groups is 1. The Balaban J connectivity index is 2.14. The van der Waals surface area contributed by atoms with Crippen molar-refractivity contribution in [2.75, 3.05) is 14.2 Å². The van der Waals surface area contributed by atoms with Crippen molar-refractivity contribution in [1.29, 1.82) is 0 Å². The van der Waals surface area contributed by atoms with Crippen molar-refractivity contribution in [2.24, 2.45) is 0 Å². The van der Waals surface area contributed by atoms with Crippen LogP contribution >= 0.6 is 0 Å². The average Bonchev–Trinajstić information content (AvgIpc) is 2.76. The van der Waals surface area contributed by atoms with Crippen LogP contribution in [0.5, 0.6) is 5.75 Å². The van der Waals surface area contributed by atoms with Crippen LogP contribution < -0.4 is 10.2 Å². The third kappa shape index (κ3) is 4.95. The molecule has 0 saturated heterocycles. The third-order valence-electron chi connectivity index (χ3n) is 5.95. The van der Waals surface area contributed by atoms with Crippen molar-refractivity contribution in [1.82, 2.24) is 4.57 Å². The Morgan fingerprint density at radius 1 is 1.06 bits per heavy atom. The fourth-order valence-corrected chi connectivity index (χ4v) is 4.36. The Labute approximate surface area is 194 Å². The molecular weight excluding hydrogens is 454 g/mol. The maximum Gasteiger partial charge on any atom is 0.418 e. The lowest BCUT2D eigenvalue weighted by Crippen LogP contribution is -2.52. The van der Waals surface area contributed by atoms with E-state index in [4.69, 9.17) is 9.47 Å². The molecule has 9 heteroatoms. The molecule has 5 nitrogen and oxygen atoms in total. The van der Waals surface area contributed by atoms with Crippen molar-refractivity contribution in [3.05, 3.63) is 75.8 Å². The summed E-state index contributed by atoms with van der Waals surface area (Å²) in [5, 5.41) is 11.3. The third-order valence-corrected chi connectivity index (χ3v) is 5.95. The lowest BCUT2D eigenvalue weighted by molar-refractivity contribution is -0.271. The zero-order valence-corrected chi connectivity index (χ0v) is 19.4. The van der Waals surface area contributed by atoms with E-state index in [1.807, 2.05) is 0 Å². The minimum atomic E-state index is -5.03. The molecule has 0 aliphatic carbocycles. The van der Waals surface area contributed by atoms with Gasteiger partial charge in [-0.25, -0.2) is 4.39 Å². The van der Waals surface area contributed by atoms with Gasteiger partial charge in [-0.15, -0.1) is 0 Å². The standard InChI is InChI=1S/C25H27F4NO4/c1-23(2,19-11-17(26)9-10-21(19)34-4)14-24(32,25(27,28)29)15-30-12-16(13-33-3)22(31)18-7-5-6-8-20(18)30/h5-12,32H,13-15H2,1-4H3. The van der Waals surface area contributed by atoms with Gasteiger partial charge >= 0.3 is 6.18 Å². The highest BCUT2D eigenvalue weighted by atomic mass is 19.4. The number of alkyl halides is 3. The van der Waals surface area contributed by atoms with Gasteiger partial charge in [0.1, 0.15) is 11.6 Å². The number of nitrogens with zero attached hydrogens (tertiary/aromatic N) is 1. The first-order chi connectivity index (χ1) is 15.8. The highest BCUT2D eigenvalue weighted by Crippen LogP contribution is 2.44. The van der Waals surface area contributed by atoms with Gasteiger partial charge in [-0.2, -0.15) is 13.2 Å². The maximum absolute atomic E-state index is 14.4. The van der Waals surface area contributed by atoms with Gasteiger partial charge in [-0.05, 0) is 42.2 Å². The summed E-state index contributed by atoms with van der Waals surface area (Å²) in [6.07, 6.45) is -4.54. The Bertz CT molecular complexity index is 1240. The Morgan fingerprint density at radius 2 is 1.74 bits per heavy atom. The monoisotopic (exact) mass is 481 g/mol. The quantitative estimate of drug-likeness (QED) is 0.462. The highest BCUT2D eigenvalue weighted by molar-refractivity contribution is 5.79. The SMILES string of the molecule is COCc1cn(CC(O)(CC(C)(C)c2cc(F)ccc2OC)C(F)(F)F)c2ccccc2c1=O. The molecule has 0 saturated carbocycles. The van der Waals surface area contributed by atoms with Crippen molar-refractivity contribution in [3.63, 3.8) is 0 Å². The number of rotatable bonds is 8. The van der Waals surface area contributed by atoms with E-state index in [0.29, 0.717) is 0 Å². The predicted molar refractivity (Wildman–Crippen MR) is 121 cm³/mol. The van der Waals surface area contributed by atoms with Gasteiger partial charge in [0.15, 0.2) is 11.0 Å². The number of methoxy groups -OCH3 is 2. The molecule has 0 aliphatic heterocycles. The molecule has 1 N–H and O–H groups in total. The summed E-state index contributed by atoms with van der Waals surface area (Å²) in [7, 11) is 2.71. The summed E-state index contributed by atoms with van der Waals surface area (Å²) < 4.78 is 68.6. The van der Waals surface area contributed by atoms with Crippen LogP contribution in [0.15, 0.2) is 53.5 Å². The lowest BCUT2D eigenvalue weighted by atomic mass is 9.74. The largest absolute Gasteiger partial charge is 0.496 e. The van der Waals surface area contributed by atoms with E-state index >= 15 is 0 Å². The highest BCUT2D eigenvalue weighted by Gasteiger charge is 2.56. The molecule has 0 amide bonds. The summed E-state index contributed by atoms with van der Waals surface area (Å²) >= 11 is 0. The van der Waals surface area contributed by atoms with E-state index in [0.717, 1.165) is 12.1 Å². The predicted octanol–water partition coefficient (Wildman–Crippen LogP) is 4.96. The molecule has 0 aliphatic rings. The molecule has 3 aromatic rings. The second-order valence-corrected chi connectivity index (χ2v) is 9.00. The van der Waals surface area contributed by atoms with Gasteiger partial charge in [0.2, 0.25) is 0 Å². The first kappa shape index (κ1) is 25.7. The van der Waals surface area contributed by atoms with E-state index in [1.54, 1.807) is 12.1 Å². The van der Waals surface area contributed by atoms with Gasteiger partial charge in [0.05, 0.1) is 25.8 Å². The smallest absolute Gasteiger partial charge is 0.418 e. The number of halogens is 4. The number of hydrogen-bond donors (Lipinski definition) is 1. The number of fused-ring (bicyclic) bond motifs is 1. The number of para-hydroxylation sites is 1. The van der Waals surface area contributed by atoms with Crippen LogP contribution in [-0.4, -0.2) is 35.7 Å². The van der Waals surface area contributed by atoms with Crippen molar-refractivity contribution < 1.29 is 32.1 Å². The summed E-state index contributed by atoms with van der Waals surface area (Å²) in [5.74, 6) is -0.415. The molecule has 34 heavy (non-hydrogen) atoms. The maximum atomic E-state index is 14.4. The summed E-state index contributed by atoms with van der Waals surface area (Å²) in [4.78, 5) is 12.7. The summed E-state index contributed by atoms with van der Waals surface area (Å²) in [5.41, 5.74) is -4.29. The molecule has 2 aromatic carbocycles. The first-order valence-corrected chi connectivity index (χ1v) is 10.6. The minimum Gasteiger partial charge on any atom is -0.496 e. The van der Waals surface area contributed by atoms with Crippen LogP contribution in [0.3, 0.4) is 0 Å².